The van der Waals surface area contributed by atoms with Gasteiger partial charge in [-0.1, -0.05) is 49.4 Å². The van der Waals surface area contributed by atoms with Gasteiger partial charge in [-0.2, -0.15) is 8.78 Å². The maximum Gasteiger partial charge on any atom is 0.299 e. The van der Waals surface area contributed by atoms with Gasteiger partial charge in [0.05, 0.1) is 12.5 Å². The van der Waals surface area contributed by atoms with E-state index in [1.165, 1.54) is 23.5 Å². The Morgan fingerprint density at radius 3 is 2.56 bits per heavy atom. The Bertz CT molecular complexity index is 1520. The number of nitrogens with two attached hydrogens (primary N) is 1. The van der Waals surface area contributed by atoms with E-state index in [0.717, 1.165) is 4.88 Å². The van der Waals surface area contributed by atoms with Gasteiger partial charge in [-0.25, -0.2) is 0 Å². The second-order valence-corrected chi connectivity index (χ2v) is 12.8. The second kappa shape index (κ2) is 10.6. The molecule has 2 aliphatic rings. The van der Waals surface area contributed by atoms with Crippen LogP contribution in [0.15, 0.2) is 53.9 Å². The van der Waals surface area contributed by atoms with Gasteiger partial charge in [0.25, 0.3) is 5.92 Å². The summed E-state index contributed by atoms with van der Waals surface area (Å²) >= 11 is 1.42. The number of halogens is 2. The van der Waals surface area contributed by atoms with E-state index in [4.69, 9.17) is 11.1 Å². The summed E-state index contributed by atoms with van der Waals surface area (Å²) in [5, 5.41) is 12.5. The average Bonchev–Trinajstić information content (AvgIpc) is 3.58. The fourth-order valence-corrected chi connectivity index (χ4v) is 7.17. The highest BCUT2D eigenvalue weighted by atomic mass is 32.1. The number of nitrogen functional groups attached to an aromatic ring is 1. The van der Waals surface area contributed by atoms with Crippen LogP contribution in [0.2, 0.25) is 0 Å². The van der Waals surface area contributed by atoms with Crippen LogP contribution in [0.5, 0.6) is 0 Å². The SMILES string of the molecule is C[C@@H](NC(=O)C1C[C@](C)(CN(C)C)CN1C(=O)Cc1ccc2c(c1)-c1ccccc1C2(F)F)c1cc(C(=N)N)cs1. The summed E-state index contributed by atoms with van der Waals surface area (Å²) in [6, 6.07) is 12.0. The summed E-state index contributed by atoms with van der Waals surface area (Å²) in [5.74, 6) is -3.57. The minimum absolute atomic E-state index is 0.00525. The number of thiophene rings is 1. The lowest BCUT2D eigenvalue weighted by molar-refractivity contribution is -0.138. The molecule has 41 heavy (non-hydrogen) atoms. The van der Waals surface area contributed by atoms with Gasteiger partial charge >= 0.3 is 0 Å². The lowest BCUT2D eigenvalue weighted by Crippen LogP contribution is -2.47. The van der Waals surface area contributed by atoms with Gasteiger partial charge in [0.1, 0.15) is 11.9 Å². The number of carbonyl (C=O) groups excluding carboxylic acids is 2. The zero-order valence-electron chi connectivity index (χ0n) is 23.6. The minimum Gasteiger partial charge on any atom is -0.384 e. The van der Waals surface area contributed by atoms with Crippen molar-refractivity contribution in [2.24, 2.45) is 11.1 Å². The molecule has 2 aromatic carbocycles. The van der Waals surface area contributed by atoms with Crippen molar-refractivity contribution in [2.45, 2.75) is 44.7 Å². The molecule has 0 spiro atoms. The first-order valence-electron chi connectivity index (χ1n) is 13.6. The van der Waals surface area contributed by atoms with Crippen molar-refractivity contribution in [3.63, 3.8) is 0 Å². The van der Waals surface area contributed by atoms with Crippen molar-refractivity contribution in [1.29, 1.82) is 5.41 Å². The number of nitrogens with one attached hydrogen (secondary N) is 2. The highest BCUT2D eigenvalue weighted by Crippen LogP contribution is 2.51. The predicted molar refractivity (Wildman–Crippen MR) is 157 cm³/mol. The van der Waals surface area contributed by atoms with E-state index >= 15 is 8.78 Å². The predicted octanol–water partition coefficient (Wildman–Crippen LogP) is 4.74. The molecule has 3 atom stereocenters. The zero-order chi connectivity index (χ0) is 29.7. The van der Waals surface area contributed by atoms with Crippen LogP contribution in [-0.4, -0.2) is 60.7 Å². The van der Waals surface area contributed by atoms with E-state index in [1.807, 2.05) is 21.0 Å². The molecule has 1 aromatic heterocycles. The molecule has 0 bridgehead atoms. The molecule has 3 aromatic rings. The molecule has 2 amide bonds. The third-order valence-corrected chi connectivity index (χ3v) is 9.10. The zero-order valence-corrected chi connectivity index (χ0v) is 24.4. The second-order valence-electron chi connectivity index (χ2n) is 11.8. The molecule has 0 saturated carbocycles. The summed E-state index contributed by atoms with van der Waals surface area (Å²) in [6.45, 7) is 5.06. The van der Waals surface area contributed by atoms with Crippen molar-refractivity contribution >= 4 is 29.0 Å². The molecular formula is C31H35F2N5O2S. The Labute approximate surface area is 242 Å². The standard InChI is InChI=1S/C31H35F2N5O2S/c1-18(26-13-20(15-41-26)28(34)35)36-29(40)25-14-30(2,16-37(3)4)17-38(25)27(39)12-19-9-10-24-22(11-19)21-7-5-6-8-23(21)31(24,32)33/h5-11,13,15,18,25H,12,14,16-17H2,1-4H3,(H3,34,35)(H,36,40)/t18-,25?,30-/m1/s1. The first kappa shape index (κ1) is 28.9. The van der Waals surface area contributed by atoms with Crippen molar-refractivity contribution < 1.29 is 18.4 Å². The maximum atomic E-state index is 15.0. The van der Waals surface area contributed by atoms with E-state index in [2.05, 4.69) is 17.1 Å². The Hall–Kier alpha value is -3.63. The number of nitrogens with zero attached hydrogens (tertiary/aromatic N) is 2. The number of fused-ring (bicyclic) bond motifs is 3. The highest BCUT2D eigenvalue weighted by molar-refractivity contribution is 7.10. The summed E-state index contributed by atoms with van der Waals surface area (Å²) in [6.07, 6.45) is 0.508. The van der Waals surface area contributed by atoms with Crippen LogP contribution in [-0.2, 0) is 21.9 Å². The van der Waals surface area contributed by atoms with Crippen LogP contribution in [0.3, 0.4) is 0 Å². The Kier molecular flexibility index (Phi) is 7.50. The Morgan fingerprint density at radius 2 is 1.88 bits per heavy atom. The van der Waals surface area contributed by atoms with Gasteiger partial charge in [-0.15, -0.1) is 11.3 Å². The minimum atomic E-state index is -3.08. The van der Waals surface area contributed by atoms with Gasteiger partial charge < -0.3 is 20.9 Å². The summed E-state index contributed by atoms with van der Waals surface area (Å²) in [4.78, 5) is 31.9. The number of benzene rings is 2. The molecule has 7 nitrogen and oxygen atoms in total. The van der Waals surface area contributed by atoms with Crippen LogP contribution in [0.1, 0.15) is 53.4 Å². The van der Waals surface area contributed by atoms with Crippen molar-refractivity contribution in [3.8, 4) is 11.1 Å². The third kappa shape index (κ3) is 5.50. The molecule has 1 fully saturated rings. The number of amidine groups is 1. The fourth-order valence-electron chi connectivity index (χ4n) is 6.25. The molecule has 5 rings (SSSR count). The van der Waals surface area contributed by atoms with Gasteiger partial charge in [0.15, 0.2) is 0 Å². The van der Waals surface area contributed by atoms with E-state index in [9.17, 15) is 9.59 Å². The molecule has 4 N–H and O–H groups in total. The maximum absolute atomic E-state index is 15.0. The van der Waals surface area contributed by atoms with Crippen LogP contribution in [0.4, 0.5) is 8.78 Å². The first-order valence-corrected chi connectivity index (χ1v) is 14.5. The number of alkyl halides is 2. The van der Waals surface area contributed by atoms with Gasteiger partial charge in [-0.05, 0) is 50.2 Å². The molecule has 1 aliphatic heterocycles. The average molecular weight is 580 g/mol. The molecule has 1 saturated heterocycles. The van der Waals surface area contributed by atoms with E-state index in [1.54, 1.807) is 46.7 Å². The number of hydrogen-bond donors (Lipinski definition) is 3. The molecule has 0 radical (unpaired) electrons. The molecular weight excluding hydrogens is 544 g/mol. The smallest absolute Gasteiger partial charge is 0.299 e. The van der Waals surface area contributed by atoms with Crippen molar-refractivity contribution in [3.05, 3.63) is 81.0 Å². The monoisotopic (exact) mass is 579 g/mol. The number of carbonyl (C=O) groups is 2. The summed E-state index contributed by atoms with van der Waals surface area (Å²) < 4.78 is 30.1. The normalized spacial score (nSPS) is 21.4. The van der Waals surface area contributed by atoms with Crippen molar-refractivity contribution in [1.82, 2.24) is 15.1 Å². The van der Waals surface area contributed by atoms with Crippen LogP contribution >= 0.6 is 11.3 Å². The Balaban J connectivity index is 1.37. The molecule has 2 heterocycles. The molecule has 10 heteroatoms. The third-order valence-electron chi connectivity index (χ3n) is 7.98. The molecule has 1 aliphatic carbocycles. The molecule has 216 valence electrons. The topological polar surface area (TPSA) is 103 Å². The number of amides is 2. The van der Waals surface area contributed by atoms with Crippen LogP contribution in [0.25, 0.3) is 11.1 Å². The van der Waals surface area contributed by atoms with Crippen LogP contribution in [0, 0.1) is 10.8 Å². The fraction of sp³-hybridized carbons (Fsp3) is 0.387. The molecule has 1 unspecified atom stereocenters. The summed E-state index contributed by atoms with van der Waals surface area (Å²) in [5.41, 5.74) is 7.38. The number of rotatable bonds is 8. The first-order chi connectivity index (χ1) is 19.3. The van der Waals surface area contributed by atoms with Gasteiger partial charge in [-0.3, -0.25) is 15.0 Å². The lowest BCUT2D eigenvalue weighted by Gasteiger charge is -2.28. The lowest BCUT2D eigenvalue weighted by atomic mass is 9.87. The highest BCUT2D eigenvalue weighted by Gasteiger charge is 2.47. The quantitative estimate of drug-likeness (QED) is 0.265. The summed E-state index contributed by atoms with van der Waals surface area (Å²) in [7, 11) is 3.93. The van der Waals surface area contributed by atoms with E-state index in [-0.39, 0.29) is 46.7 Å². The largest absolute Gasteiger partial charge is 0.384 e. The Morgan fingerprint density at radius 1 is 1.17 bits per heavy atom. The van der Waals surface area contributed by atoms with E-state index in [0.29, 0.717) is 41.8 Å². The van der Waals surface area contributed by atoms with E-state index < -0.39 is 12.0 Å². The number of likely N-dealkylation sites (tertiary alicyclic amines) is 1. The van der Waals surface area contributed by atoms with Crippen LogP contribution < -0.4 is 11.1 Å². The van der Waals surface area contributed by atoms with Crippen molar-refractivity contribution in [2.75, 3.05) is 27.2 Å². The number of hydrogen-bond acceptors (Lipinski definition) is 5. The van der Waals surface area contributed by atoms with Gasteiger partial charge in [0, 0.05) is 45.5 Å². The van der Waals surface area contributed by atoms with Gasteiger partial charge in [0.2, 0.25) is 11.8 Å².